The molecule has 2 aliphatic heterocycles. The van der Waals surface area contributed by atoms with Crippen molar-refractivity contribution >= 4 is 50.9 Å². The Morgan fingerprint density at radius 1 is 1.11 bits per heavy atom. The fourth-order valence-electron chi connectivity index (χ4n) is 7.46. The molecule has 1 unspecified atom stereocenters. The number of methoxy groups -OCH3 is 1. The molecule has 1 aromatic heterocycles. The summed E-state index contributed by atoms with van der Waals surface area (Å²) in [5, 5.41) is 7.46. The number of carbonyl (C=O) groups is 4. The summed E-state index contributed by atoms with van der Waals surface area (Å²) in [6, 6.07) is 2.65. The lowest BCUT2D eigenvalue weighted by atomic mass is 9.92. The molecule has 2 aromatic rings. The summed E-state index contributed by atoms with van der Waals surface area (Å²) in [7, 11) is 1.00. The molecule has 312 valence electrons. The zero-order chi connectivity index (χ0) is 41.5. The van der Waals surface area contributed by atoms with Gasteiger partial charge in [0.1, 0.15) is 29.5 Å². The predicted octanol–water partition coefficient (Wildman–Crippen LogP) is 5.98. The first kappa shape index (κ1) is 42.2. The summed E-state index contributed by atoms with van der Waals surface area (Å²) in [5.74, 6) is -1.67. The average molecular weight is 819 g/mol. The number of halogens is 3. The van der Waals surface area contributed by atoms with E-state index < -0.39 is 70.0 Å². The van der Waals surface area contributed by atoms with E-state index in [-0.39, 0.29) is 41.3 Å². The molecule has 4 amide bonds. The fraction of sp³-hybridized carbons (Fsp3) is 0.625. The normalized spacial score (nSPS) is 30.1. The van der Waals surface area contributed by atoms with Crippen LogP contribution in [0.1, 0.15) is 86.5 Å². The molecule has 3 fully saturated rings. The van der Waals surface area contributed by atoms with Crippen molar-refractivity contribution in [3.05, 3.63) is 36.5 Å². The van der Waals surface area contributed by atoms with Crippen molar-refractivity contribution in [1.82, 2.24) is 30.2 Å². The van der Waals surface area contributed by atoms with E-state index in [1.54, 1.807) is 25.1 Å². The van der Waals surface area contributed by atoms with Crippen LogP contribution in [-0.4, -0.2) is 98.0 Å². The number of rotatable bonds is 8. The number of aromatic nitrogens is 2. The Balaban J connectivity index is 1.33. The number of alkyl halides is 3. The Morgan fingerprint density at radius 2 is 1.84 bits per heavy atom. The average Bonchev–Trinajstić information content (AvgIpc) is 4.03. The molecule has 3 N–H and O–H groups in total. The number of allylic oxidation sites excluding steroid dienone is 1. The van der Waals surface area contributed by atoms with Gasteiger partial charge in [0.15, 0.2) is 0 Å². The van der Waals surface area contributed by atoms with Gasteiger partial charge in [-0.05, 0) is 89.1 Å². The molecule has 2 aliphatic carbocycles. The third-order valence-electron chi connectivity index (χ3n) is 11.7. The van der Waals surface area contributed by atoms with Crippen LogP contribution in [0.3, 0.4) is 0 Å². The number of nitrogens with zero attached hydrogens (tertiary/aromatic N) is 3. The molecule has 4 aliphatic rings. The van der Waals surface area contributed by atoms with Gasteiger partial charge < -0.3 is 34.5 Å². The Bertz CT molecular complexity index is 1960. The molecule has 0 radical (unpaired) electrons. The first-order valence-electron chi connectivity index (χ1n) is 19.5. The van der Waals surface area contributed by atoms with Crippen LogP contribution < -0.4 is 24.8 Å². The van der Waals surface area contributed by atoms with E-state index in [9.17, 15) is 32.3 Å². The van der Waals surface area contributed by atoms with Gasteiger partial charge in [-0.3, -0.25) is 14.4 Å². The van der Waals surface area contributed by atoms with Crippen LogP contribution in [0.4, 0.5) is 18.0 Å². The number of hydrogen-bond acceptors (Lipinski definition) is 9. The van der Waals surface area contributed by atoms with Crippen molar-refractivity contribution in [3.8, 4) is 11.6 Å². The van der Waals surface area contributed by atoms with Gasteiger partial charge >= 0.3 is 12.3 Å². The summed E-state index contributed by atoms with van der Waals surface area (Å²) < 4.78 is 60.7. The molecule has 57 heavy (non-hydrogen) atoms. The lowest BCUT2D eigenvalue weighted by Gasteiger charge is -2.33. The van der Waals surface area contributed by atoms with E-state index in [2.05, 4.69) is 32.2 Å². The minimum Gasteiger partial charge on any atom is -0.497 e. The highest BCUT2D eigenvalue weighted by Gasteiger charge is 2.62. The number of carbonyl (C=O) groups excluding carboxylic acids is 4. The minimum atomic E-state index is -4.88. The topological polar surface area (TPSA) is 161 Å². The second-order valence-corrected chi connectivity index (χ2v) is 18.9. The Hall–Kier alpha value is -4.41. The highest BCUT2D eigenvalue weighted by Crippen LogP contribution is 2.52. The van der Waals surface area contributed by atoms with Gasteiger partial charge in [-0.1, -0.05) is 43.1 Å². The van der Waals surface area contributed by atoms with Gasteiger partial charge in [-0.25, -0.2) is 14.8 Å². The number of alkyl carbamates (subject to hydrolysis) is 1. The van der Waals surface area contributed by atoms with Crippen molar-refractivity contribution in [2.75, 3.05) is 13.7 Å². The largest absolute Gasteiger partial charge is 0.497 e. The number of benzene rings is 1. The molecule has 3 heterocycles. The van der Waals surface area contributed by atoms with E-state index in [0.717, 1.165) is 26.7 Å². The minimum absolute atomic E-state index is 0.0114. The summed E-state index contributed by atoms with van der Waals surface area (Å²) in [6.45, 7) is 9.11. The van der Waals surface area contributed by atoms with Crippen LogP contribution in [0, 0.1) is 17.8 Å². The maximum atomic E-state index is 14.7. The molecular formula is C40H53F3N6O7S. The van der Waals surface area contributed by atoms with Crippen molar-refractivity contribution in [3.63, 3.8) is 0 Å². The van der Waals surface area contributed by atoms with Crippen LogP contribution in [0.2, 0.25) is 0 Å². The number of ether oxygens (including phenoxy) is 3. The Labute approximate surface area is 333 Å². The molecule has 1 saturated heterocycles. The Morgan fingerprint density at radius 3 is 2.51 bits per heavy atom. The molecule has 6 rings (SSSR count). The summed E-state index contributed by atoms with van der Waals surface area (Å²) >= 11 is 0. The van der Waals surface area contributed by atoms with Crippen molar-refractivity contribution < 1.29 is 46.6 Å². The molecule has 17 heteroatoms. The highest BCUT2D eigenvalue weighted by molar-refractivity contribution is 8.15. The van der Waals surface area contributed by atoms with E-state index in [0.29, 0.717) is 42.5 Å². The second-order valence-electron chi connectivity index (χ2n) is 16.6. The van der Waals surface area contributed by atoms with Crippen molar-refractivity contribution in [1.29, 1.82) is 0 Å². The van der Waals surface area contributed by atoms with E-state index in [4.69, 9.17) is 14.2 Å². The van der Waals surface area contributed by atoms with Gasteiger partial charge in [0.25, 0.3) is 5.91 Å². The molecular weight excluding hydrogens is 766 g/mol. The van der Waals surface area contributed by atoms with Gasteiger partial charge in [0.05, 0.1) is 30.9 Å². The zero-order valence-electron chi connectivity index (χ0n) is 33.4. The van der Waals surface area contributed by atoms with Crippen LogP contribution in [-0.2, 0) is 19.1 Å². The summed E-state index contributed by atoms with van der Waals surface area (Å²) in [5.41, 5.74) is -3.02. The second kappa shape index (κ2) is 16.1. The fourth-order valence-corrected chi connectivity index (χ4v) is 9.32. The molecule has 8 atom stereocenters. The molecule has 13 nitrogen and oxygen atoms in total. The van der Waals surface area contributed by atoms with Crippen LogP contribution >= 0.6 is 10.7 Å². The van der Waals surface area contributed by atoms with Crippen molar-refractivity contribution in [2.24, 2.45) is 17.8 Å². The lowest BCUT2D eigenvalue weighted by molar-refractivity contribution is -0.244. The van der Waals surface area contributed by atoms with Gasteiger partial charge in [-0.2, -0.15) is 13.2 Å². The first-order valence-corrected chi connectivity index (χ1v) is 20.8. The lowest BCUT2D eigenvalue weighted by Crippen LogP contribution is -2.59. The van der Waals surface area contributed by atoms with E-state index >= 15 is 0 Å². The number of hydrogen-bond donors (Lipinski definition) is 3. The van der Waals surface area contributed by atoms with Crippen LogP contribution in [0.5, 0.6) is 11.6 Å². The van der Waals surface area contributed by atoms with Crippen LogP contribution in [0.25, 0.3) is 11.0 Å². The standard InChI is InChI=1S/C40H53F3N6O7S/c1-8-57(38(6)16-17-38)48-35(52)39-20-25(39)13-12-23(2)10-9-11-24(3)32(46-36(53)56-37(4,5)40(41,42)43)34(51)49-22-27(19-30(49)33(50)47-39)55-31-21-44-28-15-14-26(54-7)18-29(28)45-31/h8,12-15,18,21,23-25,27,30,32H,9-11,16-17,19-20,22H2,1-7H3,(H,46,53)(H,47,50)(H,48,52)/b13-12-/t23-,24+,25+,27+,30-,32-,39+,57?/m0/s1. The van der Waals surface area contributed by atoms with Crippen molar-refractivity contribution in [2.45, 2.75) is 127 Å². The third-order valence-corrected chi connectivity index (χ3v) is 14.0. The molecule has 0 spiro atoms. The number of fused-ring (bicyclic) bond motifs is 3. The summed E-state index contributed by atoms with van der Waals surface area (Å²) in [6.07, 6.45) is 2.45. The number of amides is 4. The highest BCUT2D eigenvalue weighted by atomic mass is 32.2. The first-order chi connectivity index (χ1) is 26.8. The van der Waals surface area contributed by atoms with E-state index in [1.165, 1.54) is 18.2 Å². The summed E-state index contributed by atoms with van der Waals surface area (Å²) in [4.78, 5) is 66.8. The maximum Gasteiger partial charge on any atom is 0.427 e. The van der Waals surface area contributed by atoms with Gasteiger partial charge in [0.2, 0.25) is 23.3 Å². The quantitative estimate of drug-likeness (QED) is 0.215. The maximum absolute atomic E-state index is 14.7. The smallest absolute Gasteiger partial charge is 0.427 e. The molecule has 0 bridgehead atoms. The third kappa shape index (κ3) is 9.18. The van der Waals surface area contributed by atoms with Gasteiger partial charge in [-0.15, -0.1) is 0 Å². The Kier molecular flexibility index (Phi) is 11.9. The SMILES string of the molecule is C/C=S(/NC(=O)[C@@]12C[C@H]1/C=C\[C@@H](C)CCC[C@@H](C)[C@H](NC(=O)OC(C)(C)C(F)(F)F)C(=O)N1C[C@H](Oc3cnc4ccc(OC)cc4n3)C[C@H]1C(=O)N2)C1(C)CC1. The van der Waals surface area contributed by atoms with Crippen LogP contribution in [0.15, 0.2) is 36.5 Å². The molecule has 1 aromatic carbocycles. The van der Waals surface area contributed by atoms with Gasteiger partial charge in [0, 0.05) is 23.2 Å². The monoisotopic (exact) mass is 818 g/mol. The predicted molar refractivity (Wildman–Crippen MR) is 210 cm³/mol. The molecule has 2 saturated carbocycles. The zero-order valence-corrected chi connectivity index (χ0v) is 34.2. The number of nitrogens with one attached hydrogen (secondary N) is 3. The van der Waals surface area contributed by atoms with E-state index in [1.807, 2.05) is 31.4 Å².